The lowest BCUT2D eigenvalue weighted by Gasteiger charge is -2.22. The van der Waals surface area contributed by atoms with E-state index in [2.05, 4.69) is 11.1 Å². The van der Waals surface area contributed by atoms with Gasteiger partial charge in [-0.05, 0) is 30.9 Å². The lowest BCUT2D eigenvalue weighted by atomic mass is 10.0. The van der Waals surface area contributed by atoms with Crippen LogP contribution in [0.15, 0.2) is 24.5 Å². The maximum atomic E-state index is 5.65. The van der Waals surface area contributed by atoms with Crippen LogP contribution in [0, 0.1) is 0 Å². The van der Waals surface area contributed by atoms with Gasteiger partial charge in [0.25, 0.3) is 0 Å². The van der Waals surface area contributed by atoms with Gasteiger partial charge in [0.2, 0.25) is 0 Å². The number of rotatable bonds is 2. The van der Waals surface area contributed by atoms with E-state index in [0.29, 0.717) is 6.10 Å². The van der Waals surface area contributed by atoms with Crippen molar-refractivity contribution >= 4 is 0 Å². The van der Waals surface area contributed by atoms with E-state index in [0.717, 1.165) is 13.0 Å². The Balaban J connectivity index is 1.90. The van der Waals surface area contributed by atoms with Gasteiger partial charge in [-0.1, -0.05) is 6.07 Å². The molecule has 1 aromatic heterocycles. The summed E-state index contributed by atoms with van der Waals surface area (Å²) in [4.78, 5) is 4.09. The quantitative estimate of drug-likeness (QED) is 0.691. The van der Waals surface area contributed by atoms with Crippen molar-refractivity contribution in [1.29, 1.82) is 0 Å². The molecule has 1 aromatic rings. The van der Waals surface area contributed by atoms with Crippen molar-refractivity contribution < 1.29 is 4.74 Å². The normalized spacial score (nSPS) is 22.9. The first-order chi connectivity index (χ1) is 6.45. The Morgan fingerprint density at radius 3 is 3.15 bits per heavy atom. The van der Waals surface area contributed by atoms with Crippen LogP contribution < -0.4 is 0 Å². The highest BCUT2D eigenvalue weighted by atomic mass is 16.5. The van der Waals surface area contributed by atoms with E-state index in [-0.39, 0.29) is 0 Å². The molecule has 0 spiro atoms. The van der Waals surface area contributed by atoms with Crippen LogP contribution in [-0.4, -0.2) is 17.7 Å². The third-order valence-electron chi connectivity index (χ3n) is 2.46. The number of ether oxygens (including phenoxy) is 1. The van der Waals surface area contributed by atoms with Crippen molar-refractivity contribution in [3.05, 3.63) is 30.1 Å². The molecule has 2 nitrogen and oxygen atoms in total. The molecule has 0 amide bonds. The van der Waals surface area contributed by atoms with Gasteiger partial charge in [0, 0.05) is 25.4 Å². The number of nitrogens with zero attached hydrogens (tertiary/aromatic N) is 1. The summed E-state index contributed by atoms with van der Waals surface area (Å²) < 4.78 is 5.65. The van der Waals surface area contributed by atoms with Gasteiger partial charge >= 0.3 is 0 Å². The van der Waals surface area contributed by atoms with Gasteiger partial charge in [-0.3, -0.25) is 4.98 Å². The van der Waals surface area contributed by atoms with Gasteiger partial charge in [0.15, 0.2) is 0 Å². The van der Waals surface area contributed by atoms with Crippen LogP contribution in [0.2, 0.25) is 0 Å². The van der Waals surface area contributed by atoms with Crippen molar-refractivity contribution in [3.8, 4) is 0 Å². The predicted molar refractivity (Wildman–Crippen MR) is 51.5 cm³/mol. The third kappa shape index (κ3) is 2.52. The molecule has 0 saturated carbocycles. The van der Waals surface area contributed by atoms with Gasteiger partial charge < -0.3 is 4.74 Å². The number of pyridine rings is 1. The van der Waals surface area contributed by atoms with Gasteiger partial charge in [-0.15, -0.1) is 0 Å². The van der Waals surface area contributed by atoms with Crippen LogP contribution in [0.25, 0.3) is 0 Å². The summed E-state index contributed by atoms with van der Waals surface area (Å²) in [5.74, 6) is 0. The SMILES string of the molecule is c1cncc(CC2CCCCO2)c1. The molecule has 0 bridgehead atoms. The van der Waals surface area contributed by atoms with Gasteiger partial charge in [0.1, 0.15) is 0 Å². The first-order valence-electron chi connectivity index (χ1n) is 4.95. The van der Waals surface area contributed by atoms with Crippen molar-refractivity contribution in [1.82, 2.24) is 4.98 Å². The maximum Gasteiger partial charge on any atom is 0.0616 e. The topological polar surface area (TPSA) is 22.1 Å². The molecule has 1 atom stereocenters. The second-order valence-electron chi connectivity index (χ2n) is 3.55. The Bertz CT molecular complexity index is 242. The van der Waals surface area contributed by atoms with Crippen LogP contribution >= 0.6 is 0 Å². The average molecular weight is 177 g/mol. The molecular formula is C11H15NO. The molecule has 1 aliphatic heterocycles. The minimum atomic E-state index is 0.429. The van der Waals surface area contributed by atoms with Crippen LogP contribution in [0.1, 0.15) is 24.8 Å². The summed E-state index contributed by atoms with van der Waals surface area (Å²) in [6, 6.07) is 4.10. The van der Waals surface area contributed by atoms with Crippen molar-refractivity contribution in [2.24, 2.45) is 0 Å². The molecule has 0 aliphatic carbocycles. The van der Waals surface area contributed by atoms with Gasteiger partial charge in [-0.2, -0.15) is 0 Å². The van der Waals surface area contributed by atoms with Gasteiger partial charge in [0.05, 0.1) is 6.10 Å². The average Bonchev–Trinajstić information content (AvgIpc) is 2.21. The Morgan fingerprint density at radius 2 is 2.46 bits per heavy atom. The second kappa shape index (κ2) is 4.38. The minimum absolute atomic E-state index is 0.429. The molecule has 2 heterocycles. The fourth-order valence-corrected chi connectivity index (χ4v) is 1.75. The molecule has 1 aliphatic rings. The molecule has 70 valence electrons. The monoisotopic (exact) mass is 177 g/mol. The van der Waals surface area contributed by atoms with E-state index in [1.807, 2.05) is 18.5 Å². The van der Waals surface area contributed by atoms with E-state index in [1.165, 1.54) is 24.8 Å². The van der Waals surface area contributed by atoms with E-state index < -0.39 is 0 Å². The van der Waals surface area contributed by atoms with E-state index in [4.69, 9.17) is 4.74 Å². The largest absolute Gasteiger partial charge is 0.378 e. The highest BCUT2D eigenvalue weighted by molar-refractivity contribution is 5.09. The Hall–Kier alpha value is -0.890. The standard InChI is InChI=1S/C11H15NO/c1-2-7-13-11(5-1)8-10-4-3-6-12-9-10/h3-4,6,9,11H,1-2,5,7-8H2. The molecule has 2 heteroatoms. The summed E-state index contributed by atoms with van der Waals surface area (Å²) in [6.07, 6.45) is 8.93. The third-order valence-corrected chi connectivity index (χ3v) is 2.46. The molecule has 0 radical (unpaired) electrons. The zero-order valence-electron chi connectivity index (χ0n) is 7.78. The van der Waals surface area contributed by atoms with Crippen molar-refractivity contribution in [2.75, 3.05) is 6.61 Å². The lowest BCUT2D eigenvalue weighted by Crippen LogP contribution is -2.21. The number of hydrogen-bond donors (Lipinski definition) is 0. The fraction of sp³-hybridized carbons (Fsp3) is 0.545. The van der Waals surface area contributed by atoms with Crippen molar-refractivity contribution in [3.63, 3.8) is 0 Å². The molecule has 2 rings (SSSR count). The first-order valence-corrected chi connectivity index (χ1v) is 4.95. The van der Waals surface area contributed by atoms with E-state index >= 15 is 0 Å². The molecule has 0 N–H and O–H groups in total. The summed E-state index contributed by atoms with van der Waals surface area (Å²) in [5, 5.41) is 0. The highest BCUT2D eigenvalue weighted by Gasteiger charge is 2.13. The maximum absolute atomic E-state index is 5.65. The lowest BCUT2D eigenvalue weighted by molar-refractivity contribution is 0.0167. The Morgan fingerprint density at radius 1 is 1.46 bits per heavy atom. The van der Waals surface area contributed by atoms with Crippen LogP contribution in [0.4, 0.5) is 0 Å². The smallest absolute Gasteiger partial charge is 0.0616 e. The number of hydrogen-bond acceptors (Lipinski definition) is 2. The molecular weight excluding hydrogens is 162 g/mol. The first kappa shape index (κ1) is 8.70. The Labute approximate surface area is 78.9 Å². The highest BCUT2D eigenvalue weighted by Crippen LogP contribution is 2.16. The van der Waals surface area contributed by atoms with Crippen LogP contribution in [-0.2, 0) is 11.2 Å². The molecule has 13 heavy (non-hydrogen) atoms. The van der Waals surface area contributed by atoms with E-state index in [9.17, 15) is 0 Å². The van der Waals surface area contributed by atoms with Crippen LogP contribution in [0.5, 0.6) is 0 Å². The summed E-state index contributed by atoms with van der Waals surface area (Å²) in [5.41, 5.74) is 1.29. The summed E-state index contributed by atoms with van der Waals surface area (Å²) >= 11 is 0. The molecule has 1 fully saturated rings. The zero-order valence-corrected chi connectivity index (χ0v) is 7.78. The predicted octanol–water partition coefficient (Wildman–Crippen LogP) is 2.19. The van der Waals surface area contributed by atoms with E-state index in [1.54, 1.807) is 0 Å². The Kier molecular flexibility index (Phi) is 2.93. The molecule has 1 saturated heterocycles. The second-order valence-corrected chi connectivity index (χ2v) is 3.55. The van der Waals surface area contributed by atoms with Crippen molar-refractivity contribution in [2.45, 2.75) is 31.8 Å². The minimum Gasteiger partial charge on any atom is -0.378 e. The number of aromatic nitrogens is 1. The summed E-state index contributed by atoms with van der Waals surface area (Å²) in [6.45, 7) is 0.935. The van der Waals surface area contributed by atoms with Gasteiger partial charge in [-0.25, -0.2) is 0 Å². The fourth-order valence-electron chi connectivity index (χ4n) is 1.75. The van der Waals surface area contributed by atoms with Crippen LogP contribution in [0.3, 0.4) is 0 Å². The summed E-state index contributed by atoms with van der Waals surface area (Å²) in [7, 11) is 0. The molecule has 0 aromatic carbocycles. The zero-order chi connectivity index (χ0) is 8.93. The molecule has 1 unspecified atom stereocenters.